The van der Waals surface area contributed by atoms with Crippen LogP contribution < -0.4 is 15.0 Å². The number of halogens is 6. The standard InChI is InChI=1S/C29H29N11O.2C2HF3O2/c1-41-27-5-2-20(11-33-27)17-37-6-8-38(9-7-37)26-4-3-21(12-32-26)28-29-22(10-30)13-35-40(29)19-25(36-28)23-14-34-39(18-23)24-15-31-16-24;2*3-2(4,5)1(6)7/h2-5,11-14,18-19,24,31H,6-9,15-17H2,1H3;2*(H,6,7). The summed E-state index contributed by atoms with van der Waals surface area (Å²) in [6, 6.07) is 10.6. The van der Waals surface area contributed by atoms with Gasteiger partial charge < -0.3 is 25.2 Å². The zero-order chi connectivity index (χ0) is 39.9. The number of carboxylic acids is 2. The summed E-state index contributed by atoms with van der Waals surface area (Å²) in [6.45, 7) is 6.33. The number of nitrogens with zero attached hydrogens (tertiary/aromatic N) is 10. The number of nitriles is 1. The minimum atomic E-state index is -5.08. The third-order valence-electron chi connectivity index (χ3n) is 8.26. The van der Waals surface area contributed by atoms with Crippen LogP contribution in [0.4, 0.5) is 32.2 Å². The molecule has 0 atom stereocenters. The predicted octanol–water partition coefficient (Wildman–Crippen LogP) is 3.66. The van der Waals surface area contributed by atoms with E-state index in [1.807, 2.05) is 53.9 Å². The van der Waals surface area contributed by atoms with Crippen molar-refractivity contribution in [3.8, 4) is 34.5 Å². The van der Waals surface area contributed by atoms with Gasteiger partial charge in [0.2, 0.25) is 5.88 Å². The summed E-state index contributed by atoms with van der Waals surface area (Å²) < 4.78 is 72.3. The molecule has 5 aromatic rings. The van der Waals surface area contributed by atoms with Gasteiger partial charge in [0.25, 0.3) is 0 Å². The number of carboxylic acid groups (broad SMARTS) is 2. The largest absolute Gasteiger partial charge is 0.490 e. The Kier molecular flexibility index (Phi) is 12.2. The molecule has 7 rings (SSSR count). The summed E-state index contributed by atoms with van der Waals surface area (Å²) in [5.74, 6) is -3.96. The van der Waals surface area contributed by atoms with E-state index >= 15 is 0 Å². The van der Waals surface area contributed by atoms with Crippen LogP contribution in [0.1, 0.15) is 17.2 Å². The van der Waals surface area contributed by atoms with Crippen molar-refractivity contribution in [3.63, 3.8) is 0 Å². The summed E-state index contributed by atoms with van der Waals surface area (Å²) in [4.78, 5) is 36.6. The van der Waals surface area contributed by atoms with Crippen LogP contribution in [0.15, 0.2) is 61.4 Å². The van der Waals surface area contributed by atoms with Crippen molar-refractivity contribution in [3.05, 3.63) is 72.6 Å². The SMILES string of the molecule is COc1ccc(CN2CCN(c3ccc(-c4nc(-c5cnn(C6CNC6)c5)cn5ncc(C#N)c45)cn3)CC2)cn1.O=C(O)C(F)(F)F.O=C(O)C(F)(F)F. The molecule has 290 valence electrons. The lowest BCUT2D eigenvalue weighted by molar-refractivity contribution is -0.193. The number of hydrogen-bond acceptors (Lipinski definition) is 12. The van der Waals surface area contributed by atoms with Gasteiger partial charge >= 0.3 is 24.3 Å². The van der Waals surface area contributed by atoms with Gasteiger partial charge in [0.15, 0.2) is 0 Å². The molecule has 0 aliphatic carbocycles. The Balaban J connectivity index is 0.000000355. The quantitative estimate of drug-likeness (QED) is 0.202. The smallest absolute Gasteiger partial charge is 0.481 e. The number of methoxy groups -OCH3 is 1. The zero-order valence-electron chi connectivity index (χ0n) is 28.7. The second-order valence-electron chi connectivity index (χ2n) is 11.9. The Morgan fingerprint density at radius 2 is 1.56 bits per heavy atom. The Morgan fingerprint density at radius 3 is 2.07 bits per heavy atom. The van der Waals surface area contributed by atoms with E-state index in [9.17, 15) is 31.6 Å². The third kappa shape index (κ3) is 10.0. The molecule has 5 aromatic heterocycles. The van der Waals surface area contributed by atoms with Crippen molar-refractivity contribution >= 4 is 23.3 Å². The molecule has 3 N–H and O–H groups in total. The molecule has 2 fully saturated rings. The number of ether oxygens (including phenoxy) is 1. The maximum absolute atomic E-state index is 10.6. The number of aromatic nitrogens is 7. The van der Waals surface area contributed by atoms with Crippen molar-refractivity contribution in [2.75, 3.05) is 51.3 Å². The van der Waals surface area contributed by atoms with Crippen molar-refractivity contribution in [2.45, 2.75) is 24.9 Å². The first-order valence-corrected chi connectivity index (χ1v) is 16.1. The van der Waals surface area contributed by atoms with Gasteiger partial charge in [-0.2, -0.15) is 41.8 Å². The highest BCUT2D eigenvalue weighted by Crippen LogP contribution is 2.30. The number of hydrogen-bond donors (Lipinski definition) is 3. The van der Waals surface area contributed by atoms with E-state index in [2.05, 4.69) is 42.4 Å². The Labute approximate surface area is 307 Å². The summed E-state index contributed by atoms with van der Waals surface area (Å²) >= 11 is 0. The van der Waals surface area contributed by atoms with Gasteiger partial charge in [-0.25, -0.2) is 29.1 Å². The summed E-state index contributed by atoms with van der Waals surface area (Å²) in [7, 11) is 1.63. The van der Waals surface area contributed by atoms with Crippen LogP contribution in [0.2, 0.25) is 0 Å². The molecule has 0 unspecified atom stereocenters. The molecule has 7 heterocycles. The molecule has 2 saturated heterocycles. The second kappa shape index (κ2) is 16.8. The Hall–Kier alpha value is -6.34. The van der Waals surface area contributed by atoms with Crippen molar-refractivity contribution in [1.82, 2.24) is 44.6 Å². The van der Waals surface area contributed by atoms with Crippen LogP contribution in [-0.4, -0.2) is 120 Å². The fourth-order valence-electron chi connectivity index (χ4n) is 5.30. The number of nitrogens with one attached hydrogen (secondary N) is 1. The molecular formula is C33H31F6N11O5. The minimum absolute atomic E-state index is 0.361. The van der Waals surface area contributed by atoms with Crippen LogP contribution in [0, 0.1) is 11.3 Å². The lowest BCUT2D eigenvalue weighted by atomic mass is 10.1. The maximum atomic E-state index is 10.6. The number of piperazine rings is 1. The van der Waals surface area contributed by atoms with E-state index < -0.39 is 24.3 Å². The number of fused-ring (bicyclic) bond motifs is 1. The van der Waals surface area contributed by atoms with E-state index in [0.717, 1.165) is 68.5 Å². The molecule has 0 saturated carbocycles. The molecule has 0 radical (unpaired) electrons. The van der Waals surface area contributed by atoms with Gasteiger partial charge in [-0.3, -0.25) is 9.58 Å². The summed E-state index contributed by atoms with van der Waals surface area (Å²) in [5, 5.41) is 36.3. The number of alkyl halides is 6. The van der Waals surface area contributed by atoms with Gasteiger partial charge in [0.05, 0.1) is 43.1 Å². The van der Waals surface area contributed by atoms with E-state index in [0.29, 0.717) is 28.7 Å². The van der Waals surface area contributed by atoms with Crippen LogP contribution >= 0.6 is 0 Å². The van der Waals surface area contributed by atoms with Crippen LogP contribution in [0.5, 0.6) is 5.88 Å². The van der Waals surface area contributed by atoms with E-state index in [1.54, 1.807) is 17.8 Å². The third-order valence-corrected chi connectivity index (χ3v) is 8.26. The molecule has 16 nitrogen and oxygen atoms in total. The minimum Gasteiger partial charge on any atom is -0.481 e. The first kappa shape index (κ1) is 39.9. The van der Waals surface area contributed by atoms with Gasteiger partial charge in [-0.15, -0.1) is 0 Å². The van der Waals surface area contributed by atoms with Gasteiger partial charge in [-0.1, -0.05) is 6.07 Å². The predicted molar refractivity (Wildman–Crippen MR) is 180 cm³/mol. The zero-order valence-corrected chi connectivity index (χ0v) is 28.7. The number of pyridine rings is 2. The van der Waals surface area contributed by atoms with E-state index in [4.69, 9.17) is 34.5 Å². The number of aliphatic carboxylic acids is 2. The molecule has 2 aliphatic heterocycles. The summed E-state index contributed by atoms with van der Waals surface area (Å²) in [6.07, 6.45) is 0.831. The second-order valence-corrected chi connectivity index (χ2v) is 11.9. The molecule has 0 amide bonds. The molecule has 0 bridgehead atoms. The van der Waals surface area contributed by atoms with Gasteiger partial charge in [0, 0.05) is 81.6 Å². The number of carbonyl (C=O) groups is 2. The van der Waals surface area contributed by atoms with E-state index in [1.165, 1.54) is 5.56 Å². The van der Waals surface area contributed by atoms with Crippen molar-refractivity contribution < 1.29 is 50.9 Å². The molecule has 2 aliphatic rings. The number of rotatable bonds is 7. The molecule has 55 heavy (non-hydrogen) atoms. The average Bonchev–Trinajstić information content (AvgIpc) is 3.79. The monoisotopic (exact) mass is 775 g/mol. The average molecular weight is 776 g/mol. The lowest BCUT2D eigenvalue weighted by Gasteiger charge is -2.35. The van der Waals surface area contributed by atoms with Crippen molar-refractivity contribution in [2.24, 2.45) is 0 Å². The Morgan fingerprint density at radius 1 is 0.891 bits per heavy atom. The normalized spacial score (nSPS) is 14.8. The fourth-order valence-corrected chi connectivity index (χ4v) is 5.30. The molecule has 22 heteroatoms. The first-order valence-electron chi connectivity index (χ1n) is 16.1. The highest BCUT2D eigenvalue weighted by atomic mass is 19.4. The maximum Gasteiger partial charge on any atom is 0.490 e. The van der Waals surface area contributed by atoms with Crippen LogP contribution in [0.3, 0.4) is 0 Å². The topological polar surface area (TPSA) is 200 Å². The van der Waals surface area contributed by atoms with Crippen molar-refractivity contribution in [1.29, 1.82) is 5.26 Å². The van der Waals surface area contributed by atoms with Crippen LogP contribution in [0.25, 0.3) is 28.0 Å². The molecular weight excluding hydrogens is 744 g/mol. The van der Waals surface area contributed by atoms with Gasteiger partial charge in [0.1, 0.15) is 23.0 Å². The highest BCUT2D eigenvalue weighted by molar-refractivity contribution is 5.83. The van der Waals surface area contributed by atoms with E-state index in [-0.39, 0.29) is 0 Å². The first-order chi connectivity index (χ1) is 26.1. The lowest BCUT2D eigenvalue weighted by Crippen LogP contribution is -2.46. The highest BCUT2D eigenvalue weighted by Gasteiger charge is 2.39. The molecule has 0 spiro atoms. The number of anilines is 1. The summed E-state index contributed by atoms with van der Waals surface area (Å²) in [5.41, 5.74) is 5.47. The molecule has 0 aromatic carbocycles. The Bertz CT molecular complexity index is 2110. The fraction of sp³-hybridized carbons (Fsp3) is 0.333. The van der Waals surface area contributed by atoms with Crippen LogP contribution in [-0.2, 0) is 16.1 Å². The van der Waals surface area contributed by atoms with Gasteiger partial charge in [-0.05, 0) is 17.7 Å².